The summed E-state index contributed by atoms with van der Waals surface area (Å²) in [6, 6.07) is 6.63. The maximum absolute atomic E-state index is 11.5. The Bertz CT molecular complexity index is 879. The van der Waals surface area contributed by atoms with E-state index in [2.05, 4.69) is 0 Å². The van der Waals surface area contributed by atoms with Crippen molar-refractivity contribution in [3.05, 3.63) is 46.3 Å². The van der Waals surface area contributed by atoms with E-state index in [9.17, 15) is 9.90 Å². The van der Waals surface area contributed by atoms with Crippen molar-refractivity contribution in [2.24, 2.45) is 0 Å². The average molecular weight is 360 g/mol. The van der Waals surface area contributed by atoms with Crippen LogP contribution in [-0.4, -0.2) is 36.6 Å². The van der Waals surface area contributed by atoms with Gasteiger partial charge in [-0.2, -0.15) is 0 Å². The van der Waals surface area contributed by atoms with Crippen LogP contribution in [0.3, 0.4) is 0 Å². The molecule has 6 heteroatoms. The van der Waals surface area contributed by atoms with Gasteiger partial charge < -0.3 is 23.7 Å². The molecule has 0 amide bonds. The van der Waals surface area contributed by atoms with Crippen molar-refractivity contribution in [2.45, 2.75) is 45.0 Å². The Morgan fingerprint density at radius 2 is 2.08 bits per heavy atom. The van der Waals surface area contributed by atoms with E-state index in [1.807, 2.05) is 32.9 Å². The molecule has 3 atom stereocenters. The second kappa shape index (κ2) is 7.13. The summed E-state index contributed by atoms with van der Waals surface area (Å²) in [5.41, 5.74) is 0.564. The number of ether oxygens (including phenoxy) is 3. The summed E-state index contributed by atoms with van der Waals surface area (Å²) >= 11 is 0. The van der Waals surface area contributed by atoms with E-state index < -0.39 is 17.3 Å². The predicted octanol–water partition coefficient (Wildman–Crippen LogP) is 3.06. The number of epoxide rings is 1. The predicted molar refractivity (Wildman–Crippen MR) is 97.9 cm³/mol. The largest absolute Gasteiger partial charge is 0.490 e. The molecular weight excluding hydrogens is 336 g/mol. The fourth-order valence-corrected chi connectivity index (χ4v) is 3.10. The zero-order valence-corrected chi connectivity index (χ0v) is 15.4. The van der Waals surface area contributed by atoms with Crippen LogP contribution in [0.2, 0.25) is 0 Å². The van der Waals surface area contributed by atoms with Crippen LogP contribution in [0.15, 0.2) is 45.1 Å². The summed E-state index contributed by atoms with van der Waals surface area (Å²) < 4.78 is 22.2. The number of aliphatic hydroxyl groups is 1. The summed E-state index contributed by atoms with van der Waals surface area (Å²) in [7, 11) is 1.50. The third-order valence-corrected chi connectivity index (χ3v) is 4.48. The number of hydrogen-bond acceptors (Lipinski definition) is 6. The molecule has 2 aromatic rings. The highest BCUT2D eigenvalue weighted by molar-refractivity contribution is 5.85. The lowest BCUT2D eigenvalue weighted by Gasteiger charge is -2.13. The van der Waals surface area contributed by atoms with Crippen molar-refractivity contribution in [2.75, 3.05) is 13.7 Å². The third kappa shape index (κ3) is 3.92. The molecule has 1 aliphatic heterocycles. The van der Waals surface area contributed by atoms with Crippen molar-refractivity contribution in [3.63, 3.8) is 0 Å². The Balaban J connectivity index is 1.69. The van der Waals surface area contributed by atoms with Crippen molar-refractivity contribution >= 4 is 11.0 Å². The first kappa shape index (κ1) is 18.5. The Morgan fingerprint density at radius 1 is 1.35 bits per heavy atom. The van der Waals surface area contributed by atoms with Crippen LogP contribution in [0.25, 0.3) is 11.0 Å². The van der Waals surface area contributed by atoms with Gasteiger partial charge in [0.25, 0.3) is 0 Å². The molecule has 1 aromatic heterocycles. The molecule has 0 unspecified atom stereocenters. The van der Waals surface area contributed by atoms with Gasteiger partial charge in [0.15, 0.2) is 11.3 Å². The van der Waals surface area contributed by atoms with Gasteiger partial charge in [0.05, 0.1) is 18.8 Å². The molecular formula is C20H24O6. The van der Waals surface area contributed by atoms with Crippen LogP contribution in [0, 0.1) is 0 Å². The molecule has 3 rings (SSSR count). The van der Waals surface area contributed by atoms with Crippen LogP contribution in [-0.2, 0) is 4.74 Å². The molecule has 6 nitrogen and oxygen atoms in total. The molecule has 1 saturated heterocycles. The molecule has 0 spiro atoms. The number of fused-ring (bicyclic) bond motifs is 1. The van der Waals surface area contributed by atoms with Crippen LogP contribution in [0.4, 0.5) is 0 Å². The summed E-state index contributed by atoms with van der Waals surface area (Å²) in [6.45, 7) is 6.17. The molecule has 0 aliphatic carbocycles. The SMILES string of the molecule is COc1c(OC[C@@H]2O[C@]2(C)C[C@H](O)C=C(C)C)ccc2ccc(=O)oc12. The molecule has 2 heterocycles. The minimum absolute atomic E-state index is 0.120. The van der Waals surface area contributed by atoms with Crippen LogP contribution in [0.1, 0.15) is 27.2 Å². The monoisotopic (exact) mass is 360 g/mol. The molecule has 0 bridgehead atoms. The zero-order valence-electron chi connectivity index (χ0n) is 15.4. The summed E-state index contributed by atoms with van der Waals surface area (Å²) in [4.78, 5) is 11.5. The Morgan fingerprint density at radius 3 is 2.77 bits per heavy atom. The smallest absolute Gasteiger partial charge is 0.336 e. The van der Waals surface area contributed by atoms with E-state index in [0.717, 1.165) is 11.0 Å². The first-order valence-corrected chi connectivity index (χ1v) is 8.57. The van der Waals surface area contributed by atoms with Gasteiger partial charge in [-0.15, -0.1) is 0 Å². The minimum Gasteiger partial charge on any atom is -0.490 e. The second-order valence-corrected chi connectivity index (χ2v) is 7.02. The zero-order chi connectivity index (χ0) is 18.9. The molecule has 1 N–H and O–H groups in total. The fraction of sp³-hybridized carbons (Fsp3) is 0.450. The van der Waals surface area contributed by atoms with Gasteiger partial charge >= 0.3 is 5.63 Å². The van der Waals surface area contributed by atoms with E-state index in [-0.39, 0.29) is 6.10 Å². The highest BCUT2D eigenvalue weighted by Crippen LogP contribution is 2.42. The molecule has 0 radical (unpaired) electrons. The highest BCUT2D eigenvalue weighted by atomic mass is 16.6. The quantitative estimate of drug-likeness (QED) is 0.464. The molecule has 0 saturated carbocycles. The highest BCUT2D eigenvalue weighted by Gasteiger charge is 2.53. The van der Waals surface area contributed by atoms with Gasteiger partial charge in [0.2, 0.25) is 5.75 Å². The number of aliphatic hydroxyl groups excluding tert-OH is 1. The lowest BCUT2D eigenvalue weighted by atomic mass is 9.99. The molecule has 1 fully saturated rings. The molecule has 140 valence electrons. The second-order valence-electron chi connectivity index (χ2n) is 7.02. The van der Waals surface area contributed by atoms with Gasteiger partial charge in [-0.05, 0) is 39.0 Å². The van der Waals surface area contributed by atoms with Gasteiger partial charge in [-0.25, -0.2) is 4.79 Å². The lowest BCUT2D eigenvalue weighted by molar-refractivity contribution is 0.167. The van der Waals surface area contributed by atoms with E-state index >= 15 is 0 Å². The van der Waals surface area contributed by atoms with Crippen molar-refractivity contribution in [1.82, 2.24) is 0 Å². The first-order valence-electron chi connectivity index (χ1n) is 8.57. The van der Waals surface area contributed by atoms with Gasteiger partial charge in [0, 0.05) is 17.9 Å². The van der Waals surface area contributed by atoms with Gasteiger partial charge in [0.1, 0.15) is 12.7 Å². The number of methoxy groups -OCH3 is 1. The summed E-state index contributed by atoms with van der Waals surface area (Å²) in [6.07, 6.45) is 1.67. The Hall–Kier alpha value is -2.31. The van der Waals surface area contributed by atoms with Gasteiger partial charge in [-0.3, -0.25) is 0 Å². The first-order chi connectivity index (χ1) is 12.3. The number of benzene rings is 1. The van der Waals surface area contributed by atoms with E-state index in [1.165, 1.54) is 13.2 Å². The number of allylic oxidation sites excluding steroid dienone is 1. The standard InChI is InChI=1S/C20H24O6/c1-12(2)9-14(21)10-20(3)16(26-20)11-24-15-7-5-13-6-8-17(22)25-18(13)19(15)23-4/h5-9,14,16,21H,10-11H2,1-4H3/t14-,16+,20-/m1/s1. The third-order valence-electron chi connectivity index (χ3n) is 4.48. The fourth-order valence-electron chi connectivity index (χ4n) is 3.10. The molecule has 26 heavy (non-hydrogen) atoms. The molecule has 1 aliphatic rings. The van der Waals surface area contributed by atoms with Crippen molar-refractivity contribution < 1.29 is 23.7 Å². The van der Waals surface area contributed by atoms with Crippen LogP contribution >= 0.6 is 0 Å². The summed E-state index contributed by atoms with van der Waals surface area (Å²) in [5, 5.41) is 10.8. The average Bonchev–Trinajstić information content (AvgIpc) is 3.20. The van der Waals surface area contributed by atoms with Crippen molar-refractivity contribution in [1.29, 1.82) is 0 Å². The summed E-state index contributed by atoms with van der Waals surface area (Å²) in [5.74, 6) is 0.865. The maximum Gasteiger partial charge on any atom is 0.336 e. The van der Waals surface area contributed by atoms with Crippen molar-refractivity contribution in [3.8, 4) is 11.5 Å². The molecule has 1 aromatic carbocycles. The lowest BCUT2D eigenvalue weighted by Crippen LogP contribution is -2.21. The van der Waals surface area contributed by atoms with E-state index in [1.54, 1.807) is 12.1 Å². The van der Waals surface area contributed by atoms with Crippen LogP contribution < -0.4 is 15.1 Å². The topological polar surface area (TPSA) is 81.4 Å². The Labute approximate surface area is 152 Å². The van der Waals surface area contributed by atoms with Gasteiger partial charge in [-0.1, -0.05) is 11.6 Å². The minimum atomic E-state index is -0.542. The number of rotatable bonds is 7. The van der Waals surface area contributed by atoms with E-state index in [4.69, 9.17) is 18.6 Å². The van der Waals surface area contributed by atoms with E-state index in [0.29, 0.717) is 30.1 Å². The maximum atomic E-state index is 11.5. The Kier molecular flexibility index (Phi) is 5.07. The van der Waals surface area contributed by atoms with Crippen LogP contribution in [0.5, 0.6) is 11.5 Å². The normalized spacial score (nSPS) is 22.7. The number of hydrogen-bond donors (Lipinski definition) is 1.